The van der Waals surface area contributed by atoms with Gasteiger partial charge in [-0.2, -0.15) is 0 Å². The van der Waals surface area contributed by atoms with E-state index in [4.69, 9.17) is 0 Å². The van der Waals surface area contributed by atoms with Gasteiger partial charge < -0.3 is 5.32 Å². The minimum Gasteiger partial charge on any atom is -0.317 e. The van der Waals surface area contributed by atoms with Gasteiger partial charge in [-0.1, -0.05) is 34.1 Å². The number of halogens is 1. The molecule has 1 saturated heterocycles. The highest BCUT2D eigenvalue weighted by atomic mass is 79.9. The molecule has 0 aromatic heterocycles. The van der Waals surface area contributed by atoms with Crippen LogP contribution in [0.1, 0.15) is 23.7 Å². The fourth-order valence-electron chi connectivity index (χ4n) is 2.44. The van der Waals surface area contributed by atoms with Gasteiger partial charge in [-0.05, 0) is 43.6 Å². The molecule has 1 aromatic carbocycles. The van der Waals surface area contributed by atoms with Gasteiger partial charge in [0, 0.05) is 4.47 Å². The number of hydrogen-bond donors (Lipinski definition) is 1. The van der Waals surface area contributed by atoms with Crippen molar-refractivity contribution in [1.82, 2.24) is 5.32 Å². The van der Waals surface area contributed by atoms with Crippen LogP contribution in [0.5, 0.6) is 0 Å². The predicted octanol–water partition coefficient (Wildman–Crippen LogP) is 2.84. The van der Waals surface area contributed by atoms with Crippen LogP contribution in [0.2, 0.25) is 0 Å². The van der Waals surface area contributed by atoms with Gasteiger partial charge in [0.05, 0.1) is 5.25 Å². The Morgan fingerprint density at radius 2 is 1.84 bits per heavy atom. The summed E-state index contributed by atoms with van der Waals surface area (Å²) in [6, 6.07) is 7.41. The minimum absolute atomic E-state index is 0.264. The third-order valence-corrected chi connectivity index (χ3v) is 6.62. The van der Waals surface area contributed by atoms with Crippen molar-refractivity contribution in [3.8, 4) is 0 Å². The van der Waals surface area contributed by atoms with Crippen molar-refractivity contribution in [1.29, 1.82) is 0 Å². The first-order chi connectivity index (χ1) is 9.05. The molecule has 0 bridgehead atoms. The number of piperidine rings is 1. The lowest BCUT2D eigenvalue weighted by atomic mass is 10.1. The van der Waals surface area contributed by atoms with Crippen LogP contribution in [0.15, 0.2) is 41.4 Å². The lowest BCUT2D eigenvalue weighted by Crippen LogP contribution is -2.37. The van der Waals surface area contributed by atoms with E-state index in [-0.39, 0.29) is 5.25 Å². The van der Waals surface area contributed by atoms with Gasteiger partial charge in [0.15, 0.2) is 9.84 Å². The molecule has 1 unspecified atom stereocenters. The molecule has 0 saturated carbocycles. The third kappa shape index (κ3) is 3.27. The van der Waals surface area contributed by atoms with Crippen LogP contribution in [0.4, 0.5) is 0 Å². The molecule has 3 nitrogen and oxygen atoms in total. The number of rotatable bonds is 4. The number of nitrogens with one attached hydrogen (secondary N) is 1. The highest BCUT2D eigenvalue weighted by Gasteiger charge is 2.33. The van der Waals surface area contributed by atoms with Crippen molar-refractivity contribution in [2.45, 2.75) is 23.3 Å². The van der Waals surface area contributed by atoms with E-state index < -0.39 is 15.1 Å². The van der Waals surface area contributed by atoms with E-state index in [1.807, 2.05) is 24.3 Å². The second-order valence-corrected chi connectivity index (χ2v) is 8.01. The summed E-state index contributed by atoms with van der Waals surface area (Å²) in [7, 11) is -3.21. The van der Waals surface area contributed by atoms with Gasteiger partial charge in [0.1, 0.15) is 5.25 Å². The van der Waals surface area contributed by atoms with Crippen LogP contribution in [-0.4, -0.2) is 26.8 Å². The number of benzene rings is 1. The zero-order valence-electron chi connectivity index (χ0n) is 10.7. The molecule has 104 valence electrons. The Balaban J connectivity index is 2.29. The molecule has 1 atom stereocenters. The maximum Gasteiger partial charge on any atom is 0.163 e. The van der Waals surface area contributed by atoms with Crippen molar-refractivity contribution >= 4 is 25.8 Å². The zero-order chi connectivity index (χ0) is 13.9. The molecule has 0 spiro atoms. The summed E-state index contributed by atoms with van der Waals surface area (Å²) in [6.07, 6.45) is 2.91. The first kappa shape index (κ1) is 14.8. The zero-order valence-corrected chi connectivity index (χ0v) is 13.1. The van der Waals surface area contributed by atoms with E-state index in [0.717, 1.165) is 23.1 Å². The highest BCUT2D eigenvalue weighted by Crippen LogP contribution is 2.31. The Morgan fingerprint density at radius 3 is 2.37 bits per heavy atom. The van der Waals surface area contributed by atoms with Crippen molar-refractivity contribution < 1.29 is 8.42 Å². The van der Waals surface area contributed by atoms with E-state index in [0.29, 0.717) is 12.8 Å². The standard InChI is InChI=1S/C14H18BrNO2S/c1-2-14(11-3-5-12(15)6-4-11)19(17,18)13-7-9-16-10-8-13/h2-6,13-14,16H,1,7-10H2. The molecule has 1 aromatic rings. The van der Waals surface area contributed by atoms with Crippen molar-refractivity contribution in [2.24, 2.45) is 0 Å². The summed E-state index contributed by atoms with van der Waals surface area (Å²) in [5, 5.41) is 2.32. The fraction of sp³-hybridized carbons (Fsp3) is 0.429. The summed E-state index contributed by atoms with van der Waals surface area (Å²) in [6.45, 7) is 5.26. The molecular formula is C14H18BrNO2S. The number of sulfone groups is 1. The first-order valence-electron chi connectivity index (χ1n) is 6.37. The normalized spacial score (nSPS) is 19.0. The molecule has 1 aliphatic rings. The molecule has 2 rings (SSSR count). The molecule has 0 amide bonds. The lowest BCUT2D eigenvalue weighted by Gasteiger charge is -2.26. The van der Waals surface area contributed by atoms with Gasteiger partial charge in [-0.25, -0.2) is 8.42 Å². The van der Waals surface area contributed by atoms with E-state index in [1.165, 1.54) is 0 Å². The summed E-state index contributed by atoms with van der Waals surface area (Å²) >= 11 is 3.36. The maximum absolute atomic E-state index is 12.7. The van der Waals surface area contributed by atoms with Crippen LogP contribution in [-0.2, 0) is 9.84 Å². The molecule has 1 fully saturated rings. The van der Waals surface area contributed by atoms with E-state index in [2.05, 4.69) is 27.8 Å². The smallest absolute Gasteiger partial charge is 0.163 e. The molecule has 1 aliphatic heterocycles. The molecule has 5 heteroatoms. The Labute approximate surface area is 123 Å². The van der Waals surface area contributed by atoms with Crippen molar-refractivity contribution in [3.05, 3.63) is 47.0 Å². The molecule has 19 heavy (non-hydrogen) atoms. The average molecular weight is 344 g/mol. The third-order valence-electron chi connectivity index (χ3n) is 3.52. The quantitative estimate of drug-likeness (QED) is 0.855. The molecular weight excluding hydrogens is 326 g/mol. The highest BCUT2D eigenvalue weighted by molar-refractivity contribution is 9.10. The summed E-state index contributed by atoms with van der Waals surface area (Å²) in [5.41, 5.74) is 0.789. The van der Waals surface area contributed by atoms with Crippen LogP contribution >= 0.6 is 15.9 Å². The van der Waals surface area contributed by atoms with Crippen LogP contribution in [0.25, 0.3) is 0 Å². The lowest BCUT2D eigenvalue weighted by molar-refractivity contribution is 0.493. The Hall–Kier alpha value is -0.650. The largest absolute Gasteiger partial charge is 0.317 e. The van der Waals surface area contributed by atoms with E-state index in [9.17, 15) is 8.42 Å². The Bertz CT molecular complexity index is 533. The van der Waals surface area contributed by atoms with Gasteiger partial charge in [-0.3, -0.25) is 0 Å². The second kappa shape index (κ2) is 6.20. The SMILES string of the molecule is C=CC(c1ccc(Br)cc1)S(=O)(=O)C1CCNCC1. The van der Waals surface area contributed by atoms with Crippen molar-refractivity contribution in [2.75, 3.05) is 13.1 Å². The average Bonchev–Trinajstić information content (AvgIpc) is 2.42. The fourth-order valence-corrected chi connectivity index (χ4v) is 4.82. The van der Waals surface area contributed by atoms with Gasteiger partial charge in [-0.15, -0.1) is 6.58 Å². The summed E-state index contributed by atoms with van der Waals surface area (Å²) in [5.74, 6) is 0. The molecule has 0 radical (unpaired) electrons. The van der Waals surface area contributed by atoms with Crippen LogP contribution < -0.4 is 5.32 Å². The summed E-state index contributed by atoms with van der Waals surface area (Å²) in [4.78, 5) is 0. The maximum atomic E-state index is 12.7. The number of hydrogen-bond acceptors (Lipinski definition) is 3. The summed E-state index contributed by atoms with van der Waals surface area (Å²) < 4.78 is 26.3. The van der Waals surface area contributed by atoms with Crippen molar-refractivity contribution in [3.63, 3.8) is 0 Å². The van der Waals surface area contributed by atoms with E-state index in [1.54, 1.807) is 6.08 Å². The first-order valence-corrected chi connectivity index (χ1v) is 8.77. The Morgan fingerprint density at radius 1 is 1.26 bits per heavy atom. The van der Waals surface area contributed by atoms with Gasteiger partial charge >= 0.3 is 0 Å². The van der Waals surface area contributed by atoms with Crippen LogP contribution in [0, 0.1) is 0 Å². The molecule has 0 aliphatic carbocycles. The minimum atomic E-state index is -3.21. The van der Waals surface area contributed by atoms with Gasteiger partial charge in [0.25, 0.3) is 0 Å². The molecule has 1 heterocycles. The van der Waals surface area contributed by atoms with E-state index >= 15 is 0 Å². The predicted molar refractivity (Wildman–Crippen MR) is 81.9 cm³/mol. The topological polar surface area (TPSA) is 46.2 Å². The van der Waals surface area contributed by atoms with Gasteiger partial charge in [0.2, 0.25) is 0 Å². The monoisotopic (exact) mass is 343 g/mol. The Kier molecular flexibility index (Phi) is 4.81. The van der Waals surface area contributed by atoms with Crippen LogP contribution in [0.3, 0.4) is 0 Å². The second-order valence-electron chi connectivity index (χ2n) is 4.75. The molecule has 1 N–H and O–H groups in total.